The highest BCUT2D eigenvalue weighted by Gasteiger charge is 2.27. The van der Waals surface area contributed by atoms with Crippen LogP contribution in [-0.2, 0) is 24.2 Å². The minimum Gasteiger partial charge on any atom is -0.483 e. The third kappa shape index (κ3) is 4.52. The second kappa shape index (κ2) is 9.09. The normalized spacial score (nSPS) is 12.3. The number of amides is 2. The summed E-state index contributed by atoms with van der Waals surface area (Å²) in [6.07, 6.45) is 6.26. The molecule has 0 unspecified atom stereocenters. The Labute approximate surface area is 179 Å². The number of benzene rings is 1. The number of ether oxygens (including phenoxy) is 1. The van der Waals surface area contributed by atoms with Crippen molar-refractivity contribution in [3.05, 3.63) is 75.9 Å². The van der Waals surface area contributed by atoms with E-state index in [1.807, 2.05) is 43.3 Å². The summed E-state index contributed by atoms with van der Waals surface area (Å²) in [6, 6.07) is 11.3. The van der Waals surface area contributed by atoms with Crippen LogP contribution < -0.4 is 15.4 Å². The van der Waals surface area contributed by atoms with Gasteiger partial charge in [0.1, 0.15) is 10.8 Å². The summed E-state index contributed by atoms with van der Waals surface area (Å²) in [6.45, 7) is 2.22. The van der Waals surface area contributed by atoms with E-state index in [0.717, 1.165) is 36.0 Å². The first-order chi connectivity index (χ1) is 14.6. The number of nitrogens with one attached hydrogen (secondary N) is 2. The number of carbonyl (C=O) groups excluding carboxylic acids is 2. The van der Waals surface area contributed by atoms with Gasteiger partial charge in [-0.2, -0.15) is 0 Å². The molecule has 1 aliphatic carbocycles. The SMILES string of the molecule is Cc1ccccc1OCC(=O)Nc1sc2c(c1C(=O)NCc1cccnc1)CCC2. The van der Waals surface area contributed by atoms with Gasteiger partial charge in [-0.1, -0.05) is 24.3 Å². The monoisotopic (exact) mass is 421 g/mol. The number of nitrogens with zero attached hydrogens (tertiary/aromatic N) is 1. The Balaban J connectivity index is 1.45. The smallest absolute Gasteiger partial charge is 0.262 e. The lowest BCUT2D eigenvalue weighted by Gasteiger charge is -2.11. The minimum absolute atomic E-state index is 0.107. The van der Waals surface area contributed by atoms with E-state index >= 15 is 0 Å². The zero-order valence-corrected chi connectivity index (χ0v) is 17.6. The molecule has 0 saturated heterocycles. The van der Waals surface area contributed by atoms with Crippen LogP contribution in [0, 0.1) is 6.92 Å². The average molecular weight is 422 g/mol. The zero-order valence-electron chi connectivity index (χ0n) is 16.7. The van der Waals surface area contributed by atoms with Gasteiger partial charge in [0.15, 0.2) is 6.61 Å². The fraction of sp³-hybridized carbons (Fsp3) is 0.261. The average Bonchev–Trinajstić information content (AvgIpc) is 3.33. The van der Waals surface area contributed by atoms with Crippen molar-refractivity contribution in [1.29, 1.82) is 0 Å². The quantitative estimate of drug-likeness (QED) is 0.607. The molecule has 0 fully saturated rings. The van der Waals surface area contributed by atoms with Gasteiger partial charge in [-0.05, 0) is 55.0 Å². The summed E-state index contributed by atoms with van der Waals surface area (Å²) >= 11 is 1.49. The van der Waals surface area contributed by atoms with Crippen LogP contribution in [0.5, 0.6) is 5.75 Å². The van der Waals surface area contributed by atoms with Crippen molar-refractivity contribution in [3.8, 4) is 5.75 Å². The summed E-state index contributed by atoms with van der Waals surface area (Å²) < 4.78 is 5.64. The summed E-state index contributed by atoms with van der Waals surface area (Å²) in [7, 11) is 0. The largest absolute Gasteiger partial charge is 0.483 e. The van der Waals surface area contributed by atoms with Gasteiger partial charge < -0.3 is 15.4 Å². The second-order valence-corrected chi connectivity index (χ2v) is 8.31. The summed E-state index contributed by atoms with van der Waals surface area (Å²) in [5.74, 6) is 0.226. The number of hydrogen-bond donors (Lipinski definition) is 2. The number of thiophene rings is 1. The molecule has 2 heterocycles. The lowest BCUT2D eigenvalue weighted by atomic mass is 10.1. The third-order valence-corrected chi connectivity index (χ3v) is 6.24. The van der Waals surface area contributed by atoms with E-state index in [1.54, 1.807) is 12.4 Å². The Morgan fingerprint density at radius 2 is 2.03 bits per heavy atom. The maximum absolute atomic E-state index is 13.0. The minimum atomic E-state index is -0.278. The zero-order chi connectivity index (χ0) is 20.9. The van der Waals surface area contributed by atoms with Crippen molar-refractivity contribution in [1.82, 2.24) is 10.3 Å². The van der Waals surface area contributed by atoms with E-state index < -0.39 is 0 Å². The van der Waals surface area contributed by atoms with Crippen LogP contribution >= 0.6 is 11.3 Å². The fourth-order valence-corrected chi connectivity index (χ4v) is 4.83. The number of anilines is 1. The number of aromatic nitrogens is 1. The standard InChI is InChI=1S/C23H23N3O3S/c1-15-6-2-3-9-18(15)29-14-20(27)26-23-21(17-8-4-10-19(17)30-23)22(28)25-13-16-7-5-11-24-12-16/h2-3,5-7,9,11-12H,4,8,10,13-14H2,1H3,(H,25,28)(H,26,27). The Morgan fingerprint density at radius 1 is 1.17 bits per heavy atom. The van der Waals surface area contributed by atoms with Gasteiger partial charge in [0.2, 0.25) is 0 Å². The van der Waals surface area contributed by atoms with Gasteiger partial charge in [0.25, 0.3) is 11.8 Å². The van der Waals surface area contributed by atoms with Crippen molar-refractivity contribution in [2.45, 2.75) is 32.7 Å². The number of rotatable bonds is 7. The number of para-hydroxylation sites is 1. The first kappa shape index (κ1) is 20.1. The van der Waals surface area contributed by atoms with Crippen LogP contribution in [0.15, 0.2) is 48.8 Å². The molecule has 0 spiro atoms. The topological polar surface area (TPSA) is 80.3 Å². The fourth-order valence-electron chi connectivity index (χ4n) is 3.53. The molecule has 154 valence electrons. The molecule has 2 amide bonds. The third-order valence-electron chi connectivity index (χ3n) is 5.03. The molecular formula is C23H23N3O3S. The van der Waals surface area contributed by atoms with Gasteiger partial charge in [-0.15, -0.1) is 11.3 Å². The molecule has 2 N–H and O–H groups in total. The van der Waals surface area contributed by atoms with Gasteiger partial charge in [0.05, 0.1) is 5.56 Å². The van der Waals surface area contributed by atoms with E-state index in [1.165, 1.54) is 16.2 Å². The van der Waals surface area contributed by atoms with Crippen LogP contribution in [0.1, 0.15) is 38.3 Å². The first-order valence-electron chi connectivity index (χ1n) is 9.91. The molecule has 0 radical (unpaired) electrons. The molecule has 30 heavy (non-hydrogen) atoms. The summed E-state index contributed by atoms with van der Waals surface area (Å²) in [5, 5.41) is 6.44. The number of carbonyl (C=O) groups is 2. The highest BCUT2D eigenvalue weighted by molar-refractivity contribution is 7.17. The van der Waals surface area contributed by atoms with Crippen LogP contribution in [0.25, 0.3) is 0 Å². The van der Waals surface area contributed by atoms with Gasteiger partial charge in [-0.25, -0.2) is 0 Å². The van der Waals surface area contributed by atoms with Crippen molar-refractivity contribution < 1.29 is 14.3 Å². The Morgan fingerprint density at radius 3 is 2.83 bits per heavy atom. The van der Waals surface area contributed by atoms with E-state index in [9.17, 15) is 9.59 Å². The van der Waals surface area contributed by atoms with Crippen molar-refractivity contribution in [2.24, 2.45) is 0 Å². The van der Waals surface area contributed by atoms with Crippen molar-refractivity contribution in [3.63, 3.8) is 0 Å². The Kier molecular flexibility index (Phi) is 6.09. The Bertz CT molecular complexity index is 1060. The molecule has 1 aromatic carbocycles. The highest BCUT2D eigenvalue weighted by atomic mass is 32.1. The van der Waals surface area contributed by atoms with E-state index in [-0.39, 0.29) is 18.4 Å². The molecule has 4 rings (SSSR count). The molecule has 7 heteroatoms. The molecule has 0 aliphatic heterocycles. The molecule has 6 nitrogen and oxygen atoms in total. The number of fused-ring (bicyclic) bond motifs is 1. The maximum atomic E-state index is 13.0. The molecule has 0 atom stereocenters. The van der Waals surface area contributed by atoms with Crippen LogP contribution in [0.2, 0.25) is 0 Å². The van der Waals surface area contributed by atoms with Gasteiger partial charge in [-0.3, -0.25) is 14.6 Å². The van der Waals surface area contributed by atoms with Gasteiger partial charge in [0, 0.05) is 23.8 Å². The summed E-state index contributed by atoms with van der Waals surface area (Å²) in [5.41, 5.74) is 3.53. The lowest BCUT2D eigenvalue weighted by molar-refractivity contribution is -0.118. The number of hydrogen-bond acceptors (Lipinski definition) is 5. The van der Waals surface area contributed by atoms with Gasteiger partial charge >= 0.3 is 0 Å². The van der Waals surface area contributed by atoms with Crippen LogP contribution in [0.4, 0.5) is 5.00 Å². The van der Waals surface area contributed by atoms with E-state index in [4.69, 9.17) is 4.74 Å². The van der Waals surface area contributed by atoms with Crippen molar-refractivity contribution >= 4 is 28.2 Å². The predicted molar refractivity (Wildman–Crippen MR) is 117 cm³/mol. The maximum Gasteiger partial charge on any atom is 0.262 e. The first-order valence-corrected chi connectivity index (χ1v) is 10.7. The van der Waals surface area contributed by atoms with Crippen LogP contribution in [0.3, 0.4) is 0 Å². The molecule has 2 aromatic heterocycles. The molecule has 1 aliphatic rings. The number of pyridine rings is 1. The highest BCUT2D eigenvalue weighted by Crippen LogP contribution is 2.39. The lowest BCUT2D eigenvalue weighted by Crippen LogP contribution is -2.26. The molecule has 0 bridgehead atoms. The Hall–Kier alpha value is -3.19. The van der Waals surface area contributed by atoms with Crippen LogP contribution in [-0.4, -0.2) is 23.4 Å². The molecule has 3 aromatic rings. The molecular weight excluding hydrogens is 398 g/mol. The van der Waals surface area contributed by atoms with Crippen molar-refractivity contribution in [2.75, 3.05) is 11.9 Å². The number of aryl methyl sites for hydroxylation is 2. The van der Waals surface area contributed by atoms with E-state index in [0.29, 0.717) is 22.9 Å². The predicted octanol–water partition coefficient (Wildman–Crippen LogP) is 3.89. The van der Waals surface area contributed by atoms with E-state index in [2.05, 4.69) is 15.6 Å². The second-order valence-electron chi connectivity index (χ2n) is 7.21. The molecule has 0 saturated carbocycles. The summed E-state index contributed by atoms with van der Waals surface area (Å²) in [4.78, 5) is 30.7.